The zero-order valence-electron chi connectivity index (χ0n) is 6.62. The van der Waals surface area contributed by atoms with Gasteiger partial charge in [0, 0.05) is 0 Å². The van der Waals surface area contributed by atoms with Gasteiger partial charge >= 0.3 is 5.69 Å². The lowest BCUT2D eigenvalue weighted by atomic mass is 10.5. The van der Waals surface area contributed by atoms with E-state index in [4.69, 9.17) is 0 Å². The highest BCUT2D eigenvalue weighted by Gasteiger charge is 2.05. The van der Waals surface area contributed by atoms with Gasteiger partial charge in [0.2, 0.25) is 12.0 Å². The molecule has 0 fully saturated rings. The van der Waals surface area contributed by atoms with Crippen LogP contribution in [0.5, 0.6) is 0 Å². The topological polar surface area (TPSA) is 124 Å². The van der Waals surface area contributed by atoms with Crippen LogP contribution in [-0.2, 0) is 4.79 Å². The molecule has 8 heteroatoms. The monoisotopic (exact) mass is 193 g/mol. The molecule has 0 aliphatic carbocycles. The smallest absolute Gasteiger partial charge is 0.316 e. The highest BCUT2D eigenvalue weighted by atomic mass is 16.2. The maximum absolute atomic E-state index is 11.1. The van der Waals surface area contributed by atoms with Crippen molar-refractivity contribution in [1.29, 1.82) is 0 Å². The summed E-state index contributed by atoms with van der Waals surface area (Å²) < 4.78 is 0. The predicted molar refractivity (Wildman–Crippen MR) is 45.1 cm³/mol. The largest absolute Gasteiger partial charge is 0.327 e. The fraction of sp³-hybridized carbons (Fsp3) is 0. The van der Waals surface area contributed by atoms with Gasteiger partial charge in [-0.05, 0) is 0 Å². The number of rotatable bonds is 1. The molecule has 14 heavy (non-hydrogen) atoms. The first-order chi connectivity index (χ1) is 6.70. The third-order valence-electron chi connectivity index (χ3n) is 1.53. The number of fused-ring (bicyclic) bond motifs is 1. The standard InChI is InChI=1S/C6H3N5O3/c12-1-7-5-8-2-3(9-5)10-6(14)11-4(2)13/h(H3,8,9,10,11,13,14). The van der Waals surface area contributed by atoms with E-state index in [-0.39, 0.29) is 17.1 Å². The average Bonchev–Trinajstić information content (AvgIpc) is 2.48. The Balaban J connectivity index is 2.90. The number of imidazole rings is 1. The van der Waals surface area contributed by atoms with E-state index in [9.17, 15) is 14.4 Å². The van der Waals surface area contributed by atoms with Crippen molar-refractivity contribution in [2.45, 2.75) is 0 Å². The first-order valence-electron chi connectivity index (χ1n) is 3.51. The summed E-state index contributed by atoms with van der Waals surface area (Å²) in [6.07, 6.45) is 1.26. The van der Waals surface area contributed by atoms with Crippen molar-refractivity contribution < 1.29 is 4.79 Å². The molecule has 0 bridgehead atoms. The molecule has 2 rings (SSSR count). The number of aromatic amines is 3. The van der Waals surface area contributed by atoms with Gasteiger partial charge in [-0.15, -0.1) is 4.99 Å². The summed E-state index contributed by atoms with van der Waals surface area (Å²) in [6.45, 7) is 0. The highest BCUT2D eigenvalue weighted by molar-refractivity contribution is 5.71. The molecule has 0 saturated heterocycles. The van der Waals surface area contributed by atoms with Crippen molar-refractivity contribution in [1.82, 2.24) is 19.9 Å². The minimum Gasteiger partial charge on any atom is -0.316 e. The summed E-state index contributed by atoms with van der Waals surface area (Å²) in [5.41, 5.74) is -1.19. The second kappa shape index (κ2) is 2.79. The Morgan fingerprint density at radius 3 is 2.71 bits per heavy atom. The third-order valence-corrected chi connectivity index (χ3v) is 1.53. The van der Waals surface area contributed by atoms with Gasteiger partial charge in [-0.25, -0.2) is 9.59 Å². The number of hydrogen-bond acceptors (Lipinski definition) is 5. The molecule has 0 spiro atoms. The van der Waals surface area contributed by atoms with E-state index in [1.807, 2.05) is 4.98 Å². The summed E-state index contributed by atoms with van der Waals surface area (Å²) in [5.74, 6) is -0.0812. The van der Waals surface area contributed by atoms with Crippen LogP contribution in [0.1, 0.15) is 0 Å². The lowest BCUT2D eigenvalue weighted by molar-refractivity contribution is 0.565. The highest BCUT2D eigenvalue weighted by Crippen LogP contribution is 2.07. The molecule has 0 aliphatic heterocycles. The Morgan fingerprint density at radius 1 is 1.21 bits per heavy atom. The Kier molecular flexibility index (Phi) is 1.62. The maximum Gasteiger partial charge on any atom is 0.327 e. The molecule has 0 unspecified atom stereocenters. The van der Waals surface area contributed by atoms with Crippen LogP contribution in [0.2, 0.25) is 0 Å². The van der Waals surface area contributed by atoms with Crippen LogP contribution >= 0.6 is 0 Å². The lowest BCUT2D eigenvalue weighted by Gasteiger charge is -1.83. The molecule has 2 heterocycles. The molecule has 3 N–H and O–H groups in total. The minimum absolute atomic E-state index is 0.0488. The summed E-state index contributed by atoms with van der Waals surface area (Å²) in [6, 6.07) is 0. The fourth-order valence-corrected chi connectivity index (χ4v) is 1.02. The summed E-state index contributed by atoms with van der Waals surface area (Å²) in [7, 11) is 0. The van der Waals surface area contributed by atoms with E-state index in [2.05, 4.69) is 19.9 Å². The molecule has 2 aromatic rings. The molecule has 0 amide bonds. The van der Waals surface area contributed by atoms with Crippen LogP contribution in [0.25, 0.3) is 11.2 Å². The molecule has 0 aliphatic rings. The summed E-state index contributed by atoms with van der Waals surface area (Å²) >= 11 is 0. The SMILES string of the molecule is O=C=Nc1nc2[nH]c(=O)[nH]c(=O)c2[nH]1. The van der Waals surface area contributed by atoms with Gasteiger partial charge in [0.1, 0.15) is 0 Å². The van der Waals surface area contributed by atoms with Crippen LogP contribution in [0.3, 0.4) is 0 Å². The number of hydrogen-bond donors (Lipinski definition) is 3. The molecule has 2 aromatic heterocycles. The number of aromatic nitrogens is 4. The van der Waals surface area contributed by atoms with E-state index in [1.165, 1.54) is 6.08 Å². The molecular formula is C6H3N5O3. The molecular weight excluding hydrogens is 190 g/mol. The van der Waals surface area contributed by atoms with Crippen LogP contribution in [0.15, 0.2) is 14.6 Å². The van der Waals surface area contributed by atoms with Crippen LogP contribution in [0, 0.1) is 0 Å². The quantitative estimate of drug-likeness (QED) is 0.393. The average molecular weight is 193 g/mol. The van der Waals surface area contributed by atoms with Crippen molar-refractivity contribution in [2.75, 3.05) is 0 Å². The van der Waals surface area contributed by atoms with Gasteiger partial charge in [-0.2, -0.15) is 4.98 Å². The van der Waals surface area contributed by atoms with Crippen LogP contribution in [0.4, 0.5) is 5.95 Å². The number of H-pyrrole nitrogens is 3. The van der Waals surface area contributed by atoms with E-state index >= 15 is 0 Å². The second-order valence-corrected chi connectivity index (χ2v) is 2.40. The summed E-state index contributed by atoms with van der Waals surface area (Å²) in [5, 5.41) is 0. The number of nitrogens with one attached hydrogen (secondary N) is 3. The second-order valence-electron chi connectivity index (χ2n) is 2.40. The fourth-order valence-electron chi connectivity index (χ4n) is 1.02. The molecule has 0 atom stereocenters. The zero-order valence-corrected chi connectivity index (χ0v) is 6.62. The lowest BCUT2D eigenvalue weighted by Crippen LogP contribution is -2.21. The van der Waals surface area contributed by atoms with Gasteiger partial charge in [0.25, 0.3) is 5.56 Å². The van der Waals surface area contributed by atoms with Crippen molar-refractivity contribution in [3.05, 3.63) is 20.8 Å². The van der Waals surface area contributed by atoms with E-state index in [0.717, 1.165) is 0 Å². The van der Waals surface area contributed by atoms with Gasteiger partial charge in [0.05, 0.1) is 0 Å². The Labute approximate surface area is 74.7 Å². The van der Waals surface area contributed by atoms with Crippen LogP contribution in [-0.4, -0.2) is 26.0 Å². The maximum atomic E-state index is 11.1. The minimum atomic E-state index is -0.671. The van der Waals surface area contributed by atoms with Crippen molar-refractivity contribution in [2.24, 2.45) is 4.99 Å². The van der Waals surface area contributed by atoms with Gasteiger partial charge < -0.3 is 4.98 Å². The van der Waals surface area contributed by atoms with E-state index < -0.39 is 11.2 Å². The first-order valence-corrected chi connectivity index (χ1v) is 3.51. The third kappa shape index (κ3) is 1.15. The molecule has 0 aromatic carbocycles. The Morgan fingerprint density at radius 2 is 2.00 bits per heavy atom. The normalized spacial score (nSPS) is 10.0. The van der Waals surface area contributed by atoms with Crippen molar-refractivity contribution >= 4 is 23.2 Å². The van der Waals surface area contributed by atoms with Gasteiger partial charge in [-0.1, -0.05) is 0 Å². The van der Waals surface area contributed by atoms with Gasteiger partial charge in [-0.3, -0.25) is 14.8 Å². The van der Waals surface area contributed by atoms with Crippen LogP contribution < -0.4 is 11.2 Å². The van der Waals surface area contributed by atoms with Crippen molar-refractivity contribution in [3.63, 3.8) is 0 Å². The van der Waals surface area contributed by atoms with Gasteiger partial charge in [0.15, 0.2) is 11.2 Å². The zero-order chi connectivity index (χ0) is 10.1. The Bertz CT molecular complexity index is 641. The summed E-state index contributed by atoms with van der Waals surface area (Å²) in [4.78, 5) is 45.3. The number of nitrogens with zero attached hydrogens (tertiary/aromatic N) is 2. The predicted octanol–water partition coefficient (Wildman–Crippen LogP) is -1.09. The molecule has 70 valence electrons. The van der Waals surface area contributed by atoms with Crippen molar-refractivity contribution in [3.8, 4) is 0 Å². The van der Waals surface area contributed by atoms with E-state index in [0.29, 0.717) is 0 Å². The molecule has 0 radical (unpaired) electrons. The number of aliphatic imine (C=N–C) groups is 1. The Hall–Kier alpha value is -2.47. The molecule has 8 nitrogen and oxygen atoms in total. The molecule has 0 saturated carbocycles. The number of carbonyl (C=O) groups excluding carboxylic acids is 1. The van der Waals surface area contributed by atoms with E-state index in [1.54, 1.807) is 0 Å². The first kappa shape index (κ1) is 8.14. The number of isocyanates is 1.